The molecular formula is C14H24N4O7S. The monoisotopic (exact) mass is 392 g/mol. The zero-order valence-corrected chi connectivity index (χ0v) is 15.3. The van der Waals surface area contributed by atoms with Crippen molar-refractivity contribution in [3.05, 3.63) is 0 Å². The first-order valence-electron chi connectivity index (χ1n) is 7.68. The summed E-state index contributed by atoms with van der Waals surface area (Å²) in [4.78, 5) is 57.1. The van der Waals surface area contributed by atoms with Gasteiger partial charge in [-0.2, -0.15) is 12.6 Å². The number of nitrogens with two attached hydrogens (primary N) is 1. The van der Waals surface area contributed by atoms with Gasteiger partial charge in [0, 0.05) is 5.75 Å². The minimum atomic E-state index is -1.31. The van der Waals surface area contributed by atoms with Gasteiger partial charge in [0.2, 0.25) is 17.7 Å². The predicted octanol–water partition coefficient (Wildman–Crippen LogP) is -2.46. The molecule has 3 amide bonds. The molecule has 7 N–H and O–H groups in total. The topological polar surface area (TPSA) is 188 Å². The molecule has 0 aromatic rings. The minimum Gasteiger partial charge on any atom is -0.481 e. The highest BCUT2D eigenvalue weighted by atomic mass is 32.1. The predicted molar refractivity (Wildman–Crippen MR) is 93.4 cm³/mol. The third-order valence-corrected chi connectivity index (χ3v) is 3.58. The van der Waals surface area contributed by atoms with Crippen LogP contribution in [-0.2, 0) is 24.0 Å². The maximum absolute atomic E-state index is 12.2. The number of hydrogen-bond donors (Lipinski definition) is 7. The Morgan fingerprint density at radius 1 is 1.04 bits per heavy atom. The molecule has 0 rings (SSSR count). The lowest BCUT2D eigenvalue weighted by Crippen LogP contribution is -2.56. The van der Waals surface area contributed by atoms with Gasteiger partial charge in [0.05, 0.1) is 19.0 Å². The fraction of sp³-hybridized carbons (Fsp3) is 0.643. The fourth-order valence-electron chi connectivity index (χ4n) is 1.79. The number of carboxylic acid groups (broad SMARTS) is 2. The molecule has 0 aromatic heterocycles. The van der Waals surface area contributed by atoms with Crippen LogP contribution in [0, 0.1) is 5.92 Å². The van der Waals surface area contributed by atoms with E-state index in [9.17, 15) is 24.0 Å². The summed E-state index contributed by atoms with van der Waals surface area (Å²) in [6, 6.07) is -3.55. The van der Waals surface area contributed by atoms with Crippen LogP contribution in [0.25, 0.3) is 0 Å². The fourth-order valence-corrected chi connectivity index (χ4v) is 2.03. The van der Waals surface area contributed by atoms with Crippen molar-refractivity contribution in [3.8, 4) is 0 Å². The summed E-state index contributed by atoms with van der Waals surface area (Å²) in [6.45, 7) is 2.77. The first-order valence-corrected chi connectivity index (χ1v) is 8.31. The van der Waals surface area contributed by atoms with Gasteiger partial charge in [0.25, 0.3) is 0 Å². The summed E-state index contributed by atoms with van der Waals surface area (Å²) in [7, 11) is 0. The lowest BCUT2D eigenvalue weighted by atomic mass is 10.0. The Morgan fingerprint density at radius 2 is 1.62 bits per heavy atom. The number of carboxylic acids is 2. The molecule has 148 valence electrons. The molecule has 0 spiro atoms. The van der Waals surface area contributed by atoms with Gasteiger partial charge in [0.1, 0.15) is 12.1 Å². The van der Waals surface area contributed by atoms with Crippen LogP contribution in [0.3, 0.4) is 0 Å². The molecule has 3 unspecified atom stereocenters. The third kappa shape index (κ3) is 8.67. The van der Waals surface area contributed by atoms with Crippen molar-refractivity contribution in [2.75, 3.05) is 12.3 Å². The SMILES string of the molecule is CC(C)C(NC(=O)CNC(=O)C(N)CC(=O)O)C(=O)NC(CS)C(=O)O. The van der Waals surface area contributed by atoms with Gasteiger partial charge in [-0.25, -0.2) is 4.79 Å². The molecule has 0 aromatic carbocycles. The zero-order valence-electron chi connectivity index (χ0n) is 14.4. The zero-order chi connectivity index (χ0) is 20.4. The van der Waals surface area contributed by atoms with E-state index in [1.165, 1.54) is 0 Å². The van der Waals surface area contributed by atoms with E-state index in [1.807, 2.05) is 0 Å². The molecule has 0 aliphatic rings. The normalized spacial score (nSPS) is 14.0. The van der Waals surface area contributed by atoms with E-state index in [2.05, 4.69) is 28.6 Å². The summed E-state index contributed by atoms with van der Waals surface area (Å²) in [5.41, 5.74) is 5.35. The van der Waals surface area contributed by atoms with Crippen LogP contribution in [0.1, 0.15) is 20.3 Å². The lowest BCUT2D eigenvalue weighted by molar-refractivity contribution is -0.141. The van der Waals surface area contributed by atoms with Crippen LogP contribution in [-0.4, -0.2) is 70.3 Å². The van der Waals surface area contributed by atoms with Gasteiger partial charge in [-0.1, -0.05) is 13.8 Å². The van der Waals surface area contributed by atoms with Gasteiger partial charge in [0.15, 0.2) is 0 Å². The molecule has 0 saturated heterocycles. The van der Waals surface area contributed by atoms with E-state index in [1.54, 1.807) is 13.8 Å². The van der Waals surface area contributed by atoms with Crippen molar-refractivity contribution >= 4 is 42.3 Å². The van der Waals surface area contributed by atoms with Crippen molar-refractivity contribution in [3.63, 3.8) is 0 Å². The van der Waals surface area contributed by atoms with Crippen molar-refractivity contribution < 1.29 is 34.2 Å². The molecule has 12 heteroatoms. The molecule has 11 nitrogen and oxygen atoms in total. The maximum atomic E-state index is 12.2. The molecule has 0 fully saturated rings. The molecule has 3 atom stereocenters. The molecule has 0 aliphatic heterocycles. The highest BCUT2D eigenvalue weighted by Gasteiger charge is 2.28. The summed E-state index contributed by atoms with van der Waals surface area (Å²) in [6.07, 6.45) is -0.592. The number of hydrogen-bond acceptors (Lipinski definition) is 7. The second-order valence-electron chi connectivity index (χ2n) is 5.79. The van der Waals surface area contributed by atoms with Crippen molar-refractivity contribution in [1.82, 2.24) is 16.0 Å². The largest absolute Gasteiger partial charge is 0.481 e. The second kappa shape index (κ2) is 11.3. The van der Waals surface area contributed by atoms with Crippen LogP contribution in [0.5, 0.6) is 0 Å². The number of rotatable bonds is 11. The van der Waals surface area contributed by atoms with Crippen molar-refractivity contribution in [1.29, 1.82) is 0 Å². The van der Waals surface area contributed by atoms with E-state index in [4.69, 9.17) is 15.9 Å². The maximum Gasteiger partial charge on any atom is 0.327 e. The number of nitrogens with one attached hydrogen (secondary N) is 3. The molecule has 0 radical (unpaired) electrons. The molecule has 0 bridgehead atoms. The highest BCUT2D eigenvalue weighted by Crippen LogP contribution is 2.03. The van der Waals surface area contributed by atoms with Crippen LogP contribution in [0.15, 0.2) is 0 Å². The van der Waals surface area contributed by atoms with E-state index >= 15 is 0 Å². The summed E-state index contributed by atoms with van der Waals surface area (Å²) >= 11 is 3.83. The van der Waals surface area contributed by atoms with Crippen molar-refractivity contribution in [2.24, 2.45) is 11.7 Å². The quantitative estimate of drug-likeness (QED) is 0.189. The Hall–Kier alpha value is -2.34. The average Bonchev–Trinajstić information content (AvgIpc) is 2.53. The van der Waals surface area contributed by atoms with Crippen LogP contribution in [0.4, 0.5) is 0 Å². The van der Waals surface area contributed by atoms with E-state index < -0.39 is 60.8 Å². The summed E-state index contributed by atoms with van der Waals surface area (Å²) in [5, 5.41) is 24.3. The van der Waals surface area contributed by atoms with Gasteiger partial charge >= 0.3 is 11.9 Å². The molecule has 0 saturated carbocycles. The molecule has 26 heavy (non-hydrogen) atoms. The first kappa shape index (κ1) is 23.7. The third-order valence-electron chi connectivity index (χ3n) is 3.22. The van der Waals surface area contributed by atoms with Crippen LogP contribution < -0.4 is 21.7 Å². The number of amides is 3. The lowest BCUT2D eigenvalue weighted by Gasteiger charge is -2.23. The average molecular weight is 392 g/mol. The first-order chi connectivity index (χ1) is 12.0. The Bertz CT molecular complexity index is 555. The summed E-state index contributed by atoms with van der Waals surface area (Å²) in [5.74, 6) is -5.26. The summed E-state index contributed by atoms with van der Waals surface area (Å²) < 4.78 is 0. The van der Waals surface area contributed by atoms with Gasteiger partial charge in [-0.05, 0) is 5.92 Å². The number of aliphatic carboxylic acids is 2. The second-order valence-corrected chi connectivity index (χ2v) is 6.16. The molecule has 0 aliphatic carbocycles. The number of carbonyl (C=O) groups excluding carboxylic acids is 3. The Kier molecular flexibility index (Phi) is 10.3. The molecule has 0 heterocycles. The molecular weight excluding hydrogens is 368 g/mol. The van der Waals surface area contributed by atoms with Crippen LogP contribution >= 0.6 is 12.6 Å². The van der Waals surface area contributed by atoms with E-state index in [0.29, 0.717) is 0 Å². The number of thiol groups is 1. The minimum absolute atomic E-state index is 0.128. The van der Waals surface area contributed by atoms with E-state index in [-0.39, 0.29) is 11.7 Å². The number of carbonyl (C=O) groups is 5. The van der Waals surface area contributed by atoms with Gasteiger partial charge in [-0.3, -0.25) is 19.2 Å². The highest BCUT2D eigenvalue weighted by molar-refractivity contribution is 7.80. The Morgan fingerprint density at radius 3 is 2.04 bits per heavy atom. The standard InChI is InChI=1S/C14H24N4O7S/c1-6(2)11(13(23)17-8(5-26)14(24)25)18-9(19)4-16-12(22)7(15)3-10(20)21/h6-8,11,26H,3-5,15H2,1-2H3,(H,16,22)(H,17,23)(H,18,19)(H,20,21)(H,24,25). The van der Waals surface area contributed by atoms with Crippen molar-refractivity contribution in [2.45, 2.75) is 38.4 Å². The van der Waals surface area contributed by atoms with Crippen LogP contribution in [0.2, 0.25) is 0 Å². The van der Waals surface area contributed by atoms with Gasteiger partial charge < -0.3 is 31.9 Å². The van der Waals surface area contributed by atoms with Gasteiger partial charge in [-0.15, -0.1) is 0 Å². The van der Waals surface area contributed by atoms with E-state index in [0.717, 1.165) is 0 Å². The smallest absolute Gasteiger partial charge is 0.327 e. The Balaban J connectivity index is 4.68. The Labute approximate surface area is 155 Å².